The Morgan fingerprint density at radius 3 is 2.95 bits per heavy atom. The summed E-state index contributed by atoms with van der Waals surface area (Å²) >= 11 is 1.52. The smallest absolute Gasteiger partial charge is 0.251 e. The van der Waals surface area contributed by atoms with Crippen LogP contribution in [-0.2, 0) is 0 Å². The maximum Gasteiger partial charge on any atom is 0.251 e. The van der Waals surface area contributed by atoms with E-state index in [1.807, 2.05) is 12.1 Å². The second-order valence-corrected chi connectivity index (χ2v) is 5.62. The number of hydrogen-bond donors (Lipinski definition) is 3. The number of nitrogens with one attached hydrogen (secondary N) is 2. The summed E-state index contributed by atoms with van der Waals surface area (Å²) < 4.78 is 1.01. The van der Waals surface area contributed by atoms with Gasteiger partial charge in [0.1, 0.15) is 0 Å². The normalized spacial score (nSPS) is 20.6. The van der Waals surface area contributed by atoms with Crippen molar-refractivity contribution in [2.24, 2.45) is 5.92 Å². The fourth-order valence-electron chi connectivity index (χ4n) is 2.25. The zero-order valence-electron chi connectivity index (χ0n) is 11.1. The van der Waals surface area contributed by atoms with Gasteiger partial charge in [-0.05, 0) is 18.2 Å². The summed E-state index contributed by atoms with van der Waals surface area (Å²) in [6.45, 7) is 1.84. The molecule has 2 aromatic rings. The largest absolute Gasteiger partial charge is 0.391 e. The molecule has 5 nitrogen and oxygen atoms in total. The number of β-amino-alcohol motifs (C(OH)–C–C–N with tert-alkyl or cyclic N) is 1. The summed E-state index contributed by atoms with van der Waals surface area (Å²) in [6.07, 6.45) is -0.371. The molecule has 0 radical (unpaired) electrons. The van der Waals surface area contributed by atoms with Crippen LogP contribution in [-0.4, -0.2) is 41.7 Å². The molecule has 21 heavy (non-hydrogen) atoms. The SMILES string of the molecule is Cl.Cl.O=C(NCC1CNCC1O)c1ccc2ncsc2c1. The average Bonchev–Trinajstić information content (AvgIpc) is 3.03. The second-order valence-electron chi connectivity index (χ2n) is 4.73. The zero-order valence-corrected chi connectivity index (χ0v) is 13.6. The highest BCUT2D eigenvalue weighted by molar-refractivity contribution is 7.16. The van der Waals surface area contributed by atoms with Crippen LogP contribution in [0.15, 0.2) is 23.7 Å². The van der Waals surface area contributed by atoms with E-state index in [4.69, 9.17) is 0 Å². The summed E-state index contributed by atoms with van der Waals surface area (Å²) in [5, 5.41) is 15.6. The molecule has 116 valence electrons. The molecule has 3 rings (SSSR count). The maximum absolute atomic E-state index is 12.0. The third-order valence-corrected chi connectivity index (χ3v) is 4.21. The first-order chi connectivity index (χ1) is 9.24. The molecule has 0 aliphatic carbocycles. The predicted molar refractivity (Wildman–Crippen MR) is 88.8 cm³/mol. The molecular weight excluding hydrogens is 333 g/mol. The topological polar surface area (TPSA) is 74.2 Å². The monoisotopic (exact) mass is 349 g/mol. The molecular formula is C13H17Cl2N3O2S. The fraction of sp³-hybridized carbons (Fsp3) is 0.385. The summed E-state index contributed by atoms with van der Waals surface area (Å²) in [4.78, 5) is 16.2. The molecule has 2 atom stereocenters. The molecule has 2 unspecified atom stereocenters. The first-order valence-electron chi connectivity index (χ1n) is 6.24. The number of carbonyl (C=O) groups excluding carboxylic acids is 1. The van der Waals surface area contributed by atoms with Crippen molar-refractivity contribution in [3.8, 4) is 0 Å². The lowest BCUT2D eigenvalue weighted by molar-refractivity contribution is 0.0927. The highest BCUT2D eigenvalue weighted by atomic mass is 35.5. The third kappa shape index (κ3) is 4.05. The van der Waals surface area contributed by atoms with E-state index in [2.05, 4.69) is 15.6 Å². The number of aromatic nitrogens is 1. The molecule has 0 bridgehead atoms. The summed E-state index contributed by atoms with van der Waals surface area (Å²) in [5.74, 6) is -0.00881. The molecule has 3 N–H and O–H groups in total. The Hall–Kier alpha value is -0.920. The van der Waals surface area contributed by atoms with E-state index in [0.29, 0.717) is 18.7 Å². The Labute approximate surface area is 139 Å². The lowest BCUT2D eigenvalue weighted by Crippen LogP contribution is -2.34. The van der Waals surface area contributed by atoms with Gasteiger partial charge < -0.3 is 15.7 Å². The highest BCUT2D eigenvalue weighted by Crippen LogP contribution is 2.19. The average molecular weight is 350 g/mol. The Kier molecular flexibility index (Phi) is 6.83. The fourth-order valence-corrected chi connectivity index (χ4v) is 2.97. The van der Waals surface area contributed by atoms with Crippen LogP contribution in [0.25, 0.3) is 10.2 Å². The van der Waals surface area contributed by atoms with Gasteiger partial charge in [-0.1, -0.05) is 0 Å². The molecule has 0 saturated carbocycles. The zero-order chi connectivity index (χ0) is 13.2. The highest BCUT2D eigenvalue weighted by Gasteiger charge is 2.25. The number of halogens is 2. The Morgan fingerprint density at radius 2 is 2.24 bits per heavy atom. The van der Waals surface area contributed by atoms with E-state index >= 15 is 0 Å². The van der Waals surface area contributed by atoms with Crippen molar-refractivity contribution in [2.75, 3.05) is 19.6 Å². The van der Waals surface area contributed by atoms with Gasteiger partial charge in [0.05, 0.1) is 21.8 Å². The van der Waals surface area contributed by atoms with Gasteiger partial charge in [0, 0.05) is 31.1 Å². The number of nitrogens with zero attached hydrogens (tertiary/aromatic N) is 1. The number of carbonyl (C=O) groups is 1. The van der Waals surface area contributed by atoms with Gasteiger partial charge in [0.15, 0.2) is 0 Å². The lowest BCUT2D eigenvalue weighted by atomic mass is 10.1. The van der Waals surface area contributed by atoms with Crippen LogP contribution in [0.4, 0.5) is 0 Å². The van der Waals surface area contributed by atoms with Crippen LogP contribution in [0.5, 0.6) is 0 Å². The summed E-state index contributed by atoms with van der Waals surface area (Å²) in [6, 6.07) is 5.49. The number of rotatable bonds is 3. The van der Waals surface area contributed by atoms with Crippen molar-refractivity contribution in [3.63, 3.8) is 0 Å². The van der Waals surface area contributed by atoms with E-state index in [1.54, 1.807) is 11.6 Å². The quantitative estimate of drug-likeness (QED) is 0.783. The number of aliphatic hydroxyl groups is 1. The van der Waals surface area contributed by atoms with Crippen molar-refractivity contribution >= 4 is 52.3 Å². The standard InChI is InChI=1S/C13H15N3O2S.2ClH/c17-11-6-14-4-9(11)5-15-13(18)8-1-2-10-12(3-8)19-7-16-10;;/h1-3,7,9,11,14,17H,4-6H2,(H,15,18);2*1H. The molecule has 1 fully saturated rings. The van der Waals surface area contributed by atoms with E-state index < -0.39 is 0 Å². The number of hydrogen-bond acceptors (Lipinski definition) is 5. The molecule has 1 aromatic carbocycles. The van der Waals surface area contributed by atoms with E-state index in [0.717, 1.165) is 16.8 Å². The summed E-state index contributed by atoms with van der Waals surface area (Å²) in [5.41, 5.74) is 3.32. The molecule has 1 aromatic heterocycles. The lowest BCUT2D eigenvalue weighted by Gasteiger charge is -2.14. The Morgan fingerprint density at radius 1 is 1.43 bits per heavy atom. The summed E-state index contributed by atoms with van der Waals surface area (Å²) in [7, 11) is 0. The second kappa shape index (κ2) is 7.91. The van der Waals surface area contributed by atoms with Crippen molar-refractivity contribution in [1.82, 2.24) is 15.6 Å². The van der Waals surface area contributed by atoms with Crippen LogP contribution in [0, 0.1) is 5.92 Å². The van der Waals surface area contributed by atoms with Crippen LogP contribution in [0.1, 0.15) is 10.4 Å². The predicted octanol–water partition coefficient (Wildman–Crippen LogP) is 1.45. The molecule has 2 heterocycles. The minimum absolute atomic E-state index is 0. The number of aliphatic hydroxyl groups excluding tert-OH is 1. The van der Waals surface area contributed by atoms with Crippen molar-refractivity contribution in [1.29, 1.82) is 0 Å². The molecule has 1 saturated heterocycles. The van der Waals surface area contributed by atoms with Gasteiger partial charge in [-0.3, -0.25) is 4.79 Å². The van der Waals surface area contributed by atoms with Crippen molar-refractivity contribution < 1.29 is 9.90 Å². The molecule has 8 heteroatoms. The number of fused-ring (bicyclic) bond motifs is 1. The van der Waals surface area contributed by atoms with Gasteiger partial charge in [-0.25, -0.2) is 4.98 Å². The van der Waals surface area contributed by atoms with Gasteiger partial charge in [0.25, 0.3) is 5.91 Å². The van der Waals surface area contributed by atoms with Gasteiger partial charge in [0.2, 0.25) is 0 Å². The van der Waals surface area contributed by atoms with Gasteiger partial charge >= 0.3 is 0 Å². The van der Waals surface area contributed by atoms with Crippen LogP contribution >= 0.6 is 36.2 Å². The molecule has 1 aliphatic heterocycles. The van der Waals surface area contributed by atoms with Crippen LogP contribution in [0.3, 0.4) is 0 Å². The third-order valence-electron chi connectivity index (χ3n) is 3.42. The van der Waals surface area contributed by atoms with Crippen molar-refractivity contribution in [2.45, 2.75) is 6.10 Å². The number of amides is 1. The molecule has 1 amide bonds. The Balaban J connectivity index is 0.00000110. The van der Waals surface area contributed by atoms with Gasteiger partial charge in [-0.2, -0.15) is 0 Å². The van der Waals surface area contributed by atoms with Gasteiger partial charge in [-0.15, -0.1) is 36.2 Å². The minimum Gasteiger partial charge on any atom is -0.391 e. The first kappa shape index (κ1) is 18.1. The van der Waals surface area contributed by atoms with Crippen LogP contribution in [0.2, 0.25) is 0 Å². The number of benzene rings is 1. The maximum atomic E-state index is 12.0. The molecule has 1 aliphatic rings. The Bertz CT molecular complexity index is 608. The minimum atomic E-state index is -0.371. The van der Waals surface area contributed by atoms with Crippen molar-refractivity contribution in [3.05, 3.63) is 29.3 Å². The van der Waals surface area contributed by atoms with E-state index in [-0.39, 0.29) is 42.7 Å². The van der Waals surface area contributed by atoms with Crippen LogP contribution < -0.4 is 10.6 Å². The first-order valence-corrected chi connectivity index (χ1v) is 7.12. The van der Waals surface area contributed by atoms with E-state index in [1.165, 1.54) is 11.3 Å². The molecule has 0 spiro atoms. The van der Waals surface area contributed by atoms with E-state index in [9.17, 15) is 9.90 Å². The number of thiazole rings is 1.